The monoisotopic (exact) mass is 359 g/mol. The summed E-state index contributed by atoms with van der Waals surface area (Å²) in [6.45, 7) is 2.87. The summed E-state index contributed by atoms with van der Waals surface area (Å²) in [5.41, 5.74) is 1.04. The first-order valence-corrected chi connectivity index (χ1v) is 8.39. The van der Waals surface area contributed by atoms with Crippen LogP contribution >= 0.6 is 0 Å². The van der Waals surface area contributed by atoms with Gasteiger partial charge in [0.15, 0.2) is 6.23 Å². The number of carbonyl (C=O) groups excluding carboxylic acids is 1. The van der Waals surface area contributed by atoms with Crippen LogP contribution in [-0.4, -0.2) is 43.6 Å². The zero-order valence-corrected chi connectivity index (χ0v) is 14.7. The van der Waals surface area contributed by atoms with E-state index in [0.29, 0.717) is 25.3 Å². The minimum atomic E-state index is -0.463. The predicted molar refractivity (Wildman–Crippen MR) is 92.5 cm³/mol. The van der Waals surface area contributed by atoms with Crippen LogP contribution in [0.4, 0.5) is 5.82 Å². The highest BCUT2D eigenvalue weighted by atomic mass is 16.7. The number of carbonyl (C=O) groups is 1. The first-order chi connectivity index (χ1) is 12.5. The van der Waals surface area contributed by atoms with Crippen LogP contribution in [0.1, 0.15) is 30.8 Å². The Labute approximate surface area is 150 Å². The summed E-state index contributed by atoms with van der Waals surface area (Å²) in [7, 11) is 1.62. The molecule has 0 radical (unpaired) electrons. The van der Waals surface area contributed by atoms with Crippen LogP contribution in [0.15, 0.2) is 36.5 Å². The van der Waals surface area contributed by atoms with Gasteiger partial charge in [-0.1, -0.05) is 30.3 Å². The fourth-order valence-corrected chi connectivity index (χ4v) is 3.16. The molecule has 0 bridgehead atoms. The van der Waals surface area contributed by atoms with Gasteiger partial charge in [0.2, 0.25) is 12.2 Å². The van der Waals surface area contributed by atoms with E-state index in [0.717, 1.165) is 12.0 Å². The van der Waals surface area contributed by atoms with Crippen molar-refractivity contribution in [3.8, 4) is 0 Å². The van der Waals surface area contributed by atoms with Gasteiger partial charge in [-0.2, -0.15) is 5.06 Å². The van der Waals surface area contributed by atoms with Gasteiger partial charge in [-0.25, -0.2) is 9.55 Å². The van der Waals surface area contributed by atoms with E-state index in [1.807, 2.05) is 37.3 Å². The van der Waals surface area contributed by atoms with Gasteiger partial charge in [0.05, 0.1) is 13.6 Å². The largest absolute Gasteiger partial charge is 0.358 e. The van der Waals surface area contributed by atoms with Gasteiger partial charge < -0.3 is 15.0 Å². The number of rotatable bonds is 7. The summed E-state index contributed by atoms with van der Waals surface area (Å²) in [6.07, 6.45) is 2.07. The molecular weight excluding hydrogens is 338 g/mol. The van der Waals surface area contributed by atoms with Crippen molar-refractivity contribution in [3.05, 3.63) is 58.0 Å². The van der Waals surface area contributed by atoms with Gasteiger partial charge in [0, 0.05) is 13.0 Å². The Hall–Kier alpha value is -2.78. The molecule has 2 aromatic rings. The van der Waals surface area contributed by atoms with Crippen molar-refractivity contribution in [3.63, 3.8) is 0 Å². The van der Waals surface area contributed by atoms with Gasteiger partial charge in [-0.15, -0.1) is 0 Å². The second kappa shape index (κ2) is 7.63. The van der Waals surface area contributed by atoms with Crippen LogP contribution in [0.3, 0.4) is 0 Å². The van der Waals surface area contributed by atoms with Crippen LogP contribution in [0, 0.1) is 10.1 Å². The molecule has 1 aromatic heterocycles. The maximum Gasteiger partial charge on any atom is 0.342 e. The standard InChI is InChI=1S/C17H21N5O4/c1-3-20(12-23)16-9-14(17-18-10-15(19(17)2)22(24)25)21(26-16)11-13-7-5-4-6-8-13/h4-8,10,12,14,16H,3,9,11H2,1-2H3. The summed E-state index contributed by atoms with van der Waals surface area (Å²) in [4.78, 5) is 33.8. The van der Waals surface area contributed by atoms with Crippen LogP contribution in [0.25, 0.3) is 0 Å². The molecule has 1 aliphatic heterocycles. The Morgan fingerprint density at radius 3 is 2.73 bits per heavy atom. The van der Waals surface area contributed by atoms with E-state index in [4.69, 9.17) is 4.84 Å². The molecule has 0 spiro atoms. The van der Waals surface area contributed by atoms with Crippen molar-refractivity contribution in [2.24, 2.45) is 7.05 Å². The second-order valence-electron chi connectivity index (χ2n) is 6.10. The first-order valence-electron chi connectivity index (χ1n) is 8.39. The zero-order chi connectivity index (χ0) is 18.7. The molecule has 0 N–H and O–H groups in total. The highest BCUT2D eigenvalue weighted by molar-refractivity contribution is 5.47. The predicted octanol–water partition coefficient (Wildman–Crippen LogP) is 2.01. The highest BCUT2D eigenvalue weighted by Gasteiger charge is 2.41. The number of hydroxylamine groups is 2. The van der Waals surface area contributed by atoms with Gasteiger partial charge in [0.25, 0.3) is 0 Å². The van der Waals surface area contributed by atoms with Crippen molar-refractivity contribution in [2.75, 3.05) is 6.54 Å². The fraction of sp³-hybridized carbons (Fsp3) is 0.412. The smallest absolute Gasteiger partial charge is 0.342 e. The molecule has 26 heavy (non-hydrogen) atoms. The van der Waals surface area contributed by atoms with Crippen molar-refractivity contribution >= 4 is 12.2 Å². The summed E-state index contributed by atoms with van der Waals surface area (Å²) in [5, 5.41) is 12.9. The van der Waals surface area contributed by atoms with Crippen LogP contribution in [-0.2, 0) is 23.2 Å². The third-order valence-corrected chi connectivity index (χ3v) is 4.57. The van der Waals surface area contributed by atoms with E-state index in [1.165, 1.54) is 10.8 Å². The number of benzene rings is 1. The van der Waals surface area contributed by atoms with E-state index in [2.05, 4.69) is 4.98 Å². The Morgan fingerprint density at radius 1 is 1.42 bits per heavy atom. The molecule has 138 valence electrons. The fourth-order valence-electron chi connectivity index (χ4n) is 3.16. The van der Waals surface area contributed by atoms with Gasteiger partial charge in [-0.05, 0) is 17.4 Å². The van der Waals surface area contributed by atoms with E-state index in [1.54, 1.807) is 17.0 Å². The molecule has 2 atom stereocenters. The second-order valence-corrected chi connectivity index (χ2v) is 6.10. The average Bonchev–Trinajstić information content (AvgIpc) is 3.20. The average molecular weight is 359 g/mol. The Bertz CT molecular complexity index is 779. The lowest BCUT2D eigenvalue weighted by Crippen LogP contribution is -2.34. The first kappa shape index (κ1) is 18.0. The quantitative estimate of drug-likeness (QED) is 0.426. The number of imidazole rings is 1. The third kappa shape index (κ3) is 3.44. The Kier molecular flexibility index (Phi) is 5.29. The summed E-state index contributed by atoms with van der Waals surface area (Å²) in [5.74, 6) is 0.461. The van der Waals surface area contributed by atoms with Crippen molar-refractivity contribution in [1.82, 2.24) is 19.5 Å². The lowest BCUT2D eigenvalue weighted by atomic mass is 10.1. The molecule has 1 amide bonds. The number of aromatic nitrogens is 2. The van der Waals surface area contributed by atoms with E-state index >= 15 is 0 Å². The Morgan fingerprint density at radius 2 is 2.15 bits per heavy atom. The highest BCUT2D eigenvalue weighted by Crippen LogP contribution is 2.36. The molecule has 1 saturated heterocycles. The molecule has 1 fully saturated rings. The van der Waals surface area contributed by atoms with Crippen LogP contribution < -0.4 is 0 Å². The van der Waals surface area contributed by atoms with Gasteiger partial charge in [-0.3, -0.25) is 9.63 Å². The van der Waals surface area contributed by atoms with Gasteiger partial charge in [0.1, 0.15) is 12.2 Å². The molecular formula is C17H21N5O4. The van der Waals surface area contributed by atoms with E-state index < -0.39 is 11.2 Å². The number of nitrogens with zero attached hydrogens (tertiary/aromatic N) is 5. The number of hydrogen-bond donors (Lipinski definition) is 0. The molecule has 2 heterocycles. The SMILES string of the molecule is CCN(C=O)C1CC(c2ncc([N+](=O)[O-])n2C)N(Cc2ccccc2)O1. The van der Waals surface area contributed by atoms with Crippen LogP contribution in [0.5, 0.6) is 0 Å². The van der Waals surface area contributed by atoms with Crippen molar-refractivity contribution in [1.29, 1.82) is 0 Å². The maximum absolute atomic E-state index is 11.3. The summed E-state index contributed by atoms with van der Waals surface area (Å²) < 4.78 is 1.46. The molecule has 2 unspecified atom stereocenters. The Balaban J connectivity index is 1.90. The third-order valence-electron chi connectivity index (χ3n) is 4.57. The molecule has 0 aliphatic carbocycles. The number of hydrogen-bond acceptors (Lipinski definition) is 6. The molecule has 0 saturated carbocycles. The minimum absolute atomic E-state index is 0.0779. The van der Waals surface area contributed by atoms with E-state index in [-0.39, 0.29) is 11.9 Å². The molecule has 3 rings (SSSR count). The van der Waals surface area contributed by atoms with Crippen molar-refractivity contribution < 1.29 is 14.6 Å². The maximum atomic E-state index is 11.3. The summed E-state index contributed by atoms with van der Waals surface area (Å²) >= 11 is 0. The normalized spacial score (nSPS) is 20.2. The van der Waals surface area contributed by atoms with Crippen LogP contribution in [0.2, 0.25) is 0 Å². The molecule has 1 aliphatic rings. The molecule has 9 nitrogen and oxygen atoms in total. The van der Waals surface area contributed by atoms with Gasteiger partial charge >= 0.3 is 5.82 Å². The summed E-state index contributed by atoms with van der Waals surface area (Å²) in [6, 6.07) is 9.47. The zero-order valence-electron chi connectivity index (χ0n) is 14.7. The lowest BCUT2D eigenvalue weighted by Gasteiger charge is -2.23. The molecule has 9 heteroatoms. The minimum Gasteiger partial charge on any atom is -0.358 e. The van der Waals surface area contributed by atoms with E-state index in [9.17, 15) is 14.9 Å². The van der Waals surface area contributed by atoms with Crippen molar-refractivity contribution in [2.45, 2.75) is 32.2 Å². The number of nitro groups is 1. The number of amides is 1. The molecule has 1 aromatic carbocycles. The topological polar surface area (TPSA) is 93.7 Å². The lowest BCUT2D eigenvalue weighted by molar-refractivity contribution is -0.391.